The standard InChI is InChI=1S/C21H24N6O/c28-20(18-14-27-10-4-9-22-21(27)24-18)26-11-7-16(8-12-26)19-17(13-23-25-19)15-5-2-1-3-6-15/h1-6,9-10,14,16-17,19,23,25H,7-8,11-13H2. The zero-order chi connectivity index (χ0) is 18.9. The lowest BCUT2D eigenvalue weighted by atomic mass is 9.80. The Morgan fingerprint density at radius 3 is 2.71 bits per heavy atom. The fraction of sp³-hybridized carbons (Fsp3) is 0.381. The minimum atomic E-state index is 0.000987. The van der Waals surface area contributed by atoms with Crippen LogP contribution in [0.1, 0.15) is 34.8 Å². The molecule has 0 bridgehead atoms. The van der Waals surface area contributed by atoms with Crippen molar-refractivity contribution in [2.45, 2.75) is 24.8 Å². The van der Waals surface area contributed by atoms with Crippen LogP contribution in [0.15, 0.2) is 55.0 Å². The van der Waals surface area contributed by atoms with E-state index in [9.17, 15) is 4.79 Å². The Balaban J connectivity index is 1.25. The summed E-state index contributed by atoms with van der Waals surface area (Å²) in [5, 5.41) is 0. The first-order valence-electron chi connectivity index (χ1n) is 9.92. The SMILES string of the molecule is O=C(c1cn2cccnc2n1)N1CCC(C2NNCC2c2ccccc2)CC1. The molecule has 7 heteroatoms. The van der Waals surface area contributed by atoms with Gasteiger partial charge in [0, 0.05) is 50.2 Å². The number of imidazole rings is 1. The lowest BCUT2D eigenvalue weighted by Crippen LogP contribution is -2.45. The van der Waals surface area contributed by atoms with Gasteiger partial charge in [0.15, 0.2) is 0 Å². The molecule has 0 radical (unpaired) electrons. The highest BCUT2D eigenvalue weighted by Gasteiger charge is 2.37. The van der Waals surface area contributed by atoms with E-state index < -0.39 is 0 Å². The van der Waals surface area contributed by atoms with Crippen LogP contribution in [-0.4, -0.2) is 50.9 Å². The van der Waals surface area contributed by atoms with E-state index in [1.807, 2.05) is 17.2 Å². The number of hydrogen-bond acceptors (Lipinski definition) is 5. The molecule has 2 saturated heterocycles. The van der Waals surface area contributed by atoms with Crippen LogP contribution < -0.4 is 10.9 Å². The fourth-order valence-corrected chi connectivity index (χ4v) is 4.54. The van der Waals surface area contributed by atoms with Gasteiger partial charge in [-0.05, 0) is 30.4 Å². The largest absolute Gasteiger partial charge is 0.337 e. The van der Waals surface area contributed by atoms with Crippen molar-refractivity contribution in [1.29, 1.82) is 0 Å². The Morgan fingerprint density at radius 2 is 1.93 bits per heavy atom. The maximum atomic E-state index is 12.9. The molecule has 2 aromatic heterocycles. The highest BCUT2D eigenvalue weighted by Crippen LogP contribution is 2.32. The van der Waals surface area contributed by atoms with E-state index in [1.165, 1.54) is 5.56 Å². The van der Waals surface area contributed by atoms with Crippen LogP contribution in [0.5, 0.6) is 0 Å². The van der Waals surface area contributed by atoms with Gasteiger partial charge in [0.05, 0.1) is 0 Å². The summed E-state index contributed by atoms with van der Waals surface area (Å²) in [6.07, 6.45) is 7.32. The molecular weight excluding hydrogens is 352 g/mol. The van der Waals surface area contributed by atoms with E-state index in [-0.39, 0.29) is 5.91 Å². The third-order valence-corrected chi connectivity index (χ3v) is 6.04. The van der Waals surface area contributed by atoms with Crippen molar-refractivity contribution in [1.82, 2.24) is 30.1 Å². The molecule has 0 aliphatic carbocycles. The second-order valence-corrected chi connectivity index (χ2v) is 7.65. The normalized spacial score (nSPS) is 23.4. The van der Waals surface area contributed by atoms with Gasteiger partial charge in [0.2, 0.25) is 5.78 Å². The number of piperidine rings is 1. The lowest BCUT2D eigenvalue weighted by Gasteiger charge is -2.36. The average Bonchev–Trinajstić information content (AvgIpc) is 3.41. The van der Waals surface area contributed by atoms with E-state index in [4.69, 9.17) is 0 Å². The molecule has 2 fully saturated rings. The van der Waals surface area contributed by atoms with E-state index in [1.54, 1.807) is 16.8 Å². The number of nitrogens with zero attached hydrogens (tertiary/aromatic N) is 4. The van der Waals surface area contributed by atoms with E-state index in [2.05, 4.69) is 51.2 Å². The maximum Gasteiger partial charge on any atom is 0.274 e. The molecule has 144 valence electrons. The zero-order valence-corrected chi connectivity index (χ0v) is 15.7. The van der Waals surface area contributed by atoms with Crippen molar-refractivity contribution in [3.05, 3.63) is 66.2 Å². The van der Waals surface area contributed by atoms with Crippen LogP contribution in [0.25, 0.3) is 5.78 Å². The van der Waals surface area contributed by atoms with Crippen LogP contribution in [0.4, 0.5) is 0 Å². The number of benzene rings is 1. The molecule has 2 atom stereocenters. The van der Waals surface area contributed by atoms with Gasteiger partial charge in [-0.2, -0.15) is 0 Å². The zero-order valence-electron chi connectivity index (χ0n) is 15.7. The fourth-order valence-electron chi connectivity index (χ4n) is 4.54. The molecule has 0 saturated carbocycles. The van der Waals surface area contributed by atoms with Gasteiger partial charge in [0.25, 0.3) is 5.91 Å². The molecule has 2 unspecified atom stereocenters. The van der Waals surface area contributed by atoms with Gasteiger partial charge in [-0.3, -0.25) is 20.0 Å². The molecular formula is C21H24N6O. The molecule has 3 aromatic rings. The van der Waals surface area contributed by atoms with Crippen molar-refractivity contribution in [2.24, 2.45) is 5.92 Å². The summed E-state index contributed by atoms with van der Waals surface area (Å²) < 4.78 is 1.79. The lowest BCUT2D eigenvalue weighted by molar-refractivity contribution is 0.0665. The number of likely N-dealkylation sites (tertiary alicyclic amines) is 1. The first kappa shape index (κ1) is 17.3. The van der Waals surface area contributed by atoms with Gasteiger partial charge in [-0.1, -0.05) is 30.3 Å². The summed E-state index contributed by atoms with van der Waals surface area (Å²) in [4.78, 5) is 23.4. The number of rotatable bonds is 3. The minimum Gasteiger partial charge on any atom is -0.337 e. The number of fused-ring (bicyclic) bond motifs is 1. The molecule has 2 aliphatic heterocycles. The molecule has 1 aromatic carbocycles. The molecule has 0 spiro atoms. The van der Waals surface area contributed by atoms with Crippen molar-refractivity contribution in [3.8, 4) is 0 Å². The number of nitrogens with one attached hydrogen (secondary N) is 2. The molecule has 4 heterocycles. The van der Waals surface area contributed by atoms with Gasteiger partial charge in [0.1, 0.15) is 5.69 Å². The summed E-state index contributed by atoms with van der Waals surface area (Å²) in [5.74, 6) is 1.58. The third-order valence-electron chi connectivity index (χ3n) is 6.04. The topological polar surface area (TPSA) is 74.6 Å². The monoisotopic (exact) mass is 376 g/mol. The predicted octanol–water partition coefficient (Wildman–Crippen LogP) is 1.84. The summed E-state index contributed by atoms with van der Waals surface area (Å²) in [7, 11) is 0. The Bertz CT molecular complexity index is 930. The molecule has 5 rings (SSSR count). The molecule has 7 nitrogen and oxygen atoms in total. The minimum absolute atomic E-state index is 0.000987. The number of aromatic nitrogens is 3. The Morgan fingerprint density at radius 1 is 1.11 bits per heavy atom. The van der Waals surface area contributed by atoms with Crippen LogP contribution in [0.2, 0.25) is 0 Å². The second-order valence-electron chi connectivity index (χ2n) is 7.65. The molecule has 2 N–H and O–H groups in total. The first-order chi connectivity index (χ1) is 13.8. The smallest absolute Gasteiger partial charge is 0.274 e. The third kappa shape index (κ3) is 3.16. The van der Waals surface area contributed by atoms with E-state index in [0.717, 1.165) is 32.5 Å². The van der Waals surface area contributed by atoms with E-state index in [0.29, 0.717) is 29.3 Å². The predicted molar refractivity (Wildman–Crippen MR) is 106 cm³/mol. The number of hydrazine groups is 1. The second kappa shape index (κ2) is 7.33. The maximum absolute atomic E-state index is 12.9. The summed E-state index contributed by atoms with van der Waals surface area (Å²) in [6, 6.07) is 12.9. The number of carbonyl (C=O) groups excluding carboxylic acids is 1. The van der Waals surface area contributed by atoms with Crippen LogP contribution in [0, 0.1) is 5.92 Å². The average molecular weight is 376 g/mol. The van der Waals surface area contributed by atoms with Crippen molar-refractivity contribution in [3.63, 3.8) is 0 Å². The van der Waals surface area contributed by atoms with E-state index >= 15 is 0 Å². The summed E-state index contributed by atoms with van der Waals surface area (Å²) in [5.41, 5.74) is 8.68. The Hall–Kier alpha value is -2.77. The quantitative estimate of drug-likeness (QED) is 0.730. The summed E-state index contributed by atoms with van der Waals surface area (Å²) in [6.45, 7) is 2.48. The van der Waals surface area contributed by atoms with Crippen LogP contribution in [-0.2, 0) is 0 Å². The number of carbonyl (C=O) groups is 1. The highest BCUT2D eigenvalue weighted by molar-refractivity contribution is 5.92. The summed E-state index contributed by atoms with van der Waals surface area (Å²) >= 11 is 0. The molecule has 28 heavy (non-hydrogen) atoms. The van der Waals surface area contributed by atoms with Gasteiger partial charge in [-0.25, -0.2) is 9.97 Å². The molecule has 2 aliphatic rings. The molecule has 1 amide bonds. The number of hydrogen-bond donors (Lipinski definition) is 2. The van der Waals surface area contributed by atoms with Crippen molar-refractivity contribution in [2.75, 3.05) is 19.6 Å². The van der Waals surface area contributed by atoms with Crippen molar-refractivity contribution < 1.29 is 4.79 Å². The van der Waals surface area contributed by atoms with Crippen LogP contribution in [0.3, 0.4) is 0 Å². The van der Waals surface area contributed by atoms with Gasteiger partial charge < -0.3 is 4.90 Å². The van der Waals surface area contributed by atoms with Crippen LogP contribution >= 0.6 is 0 Å². The number of amides is 1. The highest BCUT2D eigenvalue weighted by atomic mass is 16.2. The Labute approximate surface area is 163 Å². The Kier molecular flexibility index (Phi) is 4.54. The van der Waals surface area contributed by atoms with Crippen molar-refractivity contribution >= 4 is 11.7 Å². The van der Waals surface area contributed by atoms with Gasteiger partial charge >= 0.3 is 0 Å². The van der Waals surface area contributed by atoms with Gasteiger partial charge in [-0.15, -0.1) is 0 Å². The first-order valence-corrected chi connectivity index (χ1v) is 9.92.